The van der Waals surface area contributed by atoms with Crippen LogP contribution in [0.15, 0.2) is 59.8 Å². The van der Waals surface area contributed by atoms with Gasteiger partial charge >= 0.3 is 0 Å². The number of hydrogen-bond donors (Lipinski definition) is 3. The topological polar surface area (TPSA) is 62.4 Å². The second kappa shape index (κ2) is 7.79. The van der Waals surface area contributed by atoms with Crippen LogP contribution in [0.2, 0.25) is 0 Å². The molecule has 6 aliphatic rings. The Hall–Kier alpha value is -2.95. The number of amides is 1. The molecule has 34 heavy (non-hydrogen) atoms. The van der Waals surface area contributed by atoms with Crippen molar-refractivity contribution >= 4 is 17.3 Å². The highest BCUT2D eigenvalue weighted by molar-refractivity contribution is 6.00. The molecule has 4 fully saturated rings. The maximum absolute atomic E-state index is 12.7. The molecule has 2 aliphatic heterocycles. The van der Waals surface area contributed by atoms with Crippen molar-refractivity contribution in [1.82, 2.24) is 5.32 Å². The Kier molecular flexibility index (Phi) is 4.68. The minimum atomic E-state index is -0.199. The van der Waals surface area contributed by atoms with Crippen LogP contribution in [0.3, 0.4) is 0 Å². The molecule has 4 bridgehead atoms. The molecule has 176 valence electrons. The molecule has 8 rings (SSSR count). The van der Waals surface area contributed by atoms with Crippen LogP contribution in [0.4, 0.5) is 11.4 Å². The Morgan fingerprint density at radius 3 is 2.26 bits per heavy atom. The van der Waals surface area contributed by atoms with Gasteiger partial charge in [-0.05, 0) is 97.9 Å². The molecule has 1 atom stereocenters. The quantitative estimate of drug-likeness (QED) is 0.546. The van der Waals surface area contributed by atoms with E-state index in [0.717, 1.165) is 58.3 Å². The van der Waals surface area contributed by atoms with E-state index in [1.807, 2.05) is 18.2 Å². The first kappa shape index (κ1) is 20.4. The molecule has 2 aromatic carbocycles. The van der Waals surface area contributed by atoms with Crippen LogP contribution in [0.5, 0.6) is 5.75 Å². The number of rotatable bonds is 5. The molecule has 4 aliphatic carbocycles. The first-order chi connectivity index (χ1) is 16.6. The second-order valence-corrected chi connectivity index (χ2v) is 11.4. The Labute approximate surface area is 201 Å². The van der Waals surface area contributed by atoms with Gasteiger partial charge < -0.3 is 20.7 Å². The molecule has 1 unspecified atom stereocenters. The predicted octanol–water partition coefficient (Wildman–Crippen LogP) is 5.63. The zero-order valence-corrected chi connectivity index (χ0v) is 19.6. The van der Waals surface area contributed by atoms with Crippen LogP contribution in [0, 0.1) is 23.2 Å². The fourth-order valence-corrected chi connectivity index (χ4v) is 8.01. The van der Waals surface area contributed by atoms with E-state index in [1.165, 1.54) is 44.9 Å². The summed E-state index contributed by atoms with van der Waals surface area (Å²) in [5, 5.41) is 10.0. The number of hydrogen-bond acceptors (Lipinski definition) is 4. The van der Waals surface area contributed by atoms with Crippen molar-refractivity contribution in [2.75, 3.05) is 23.8 Å². The average molecular weight is 456 g/mol. The Morgan fingerprint density at radius 2 is 1.56 bits per heavy atom. The third kappa shape index (κ3) is 3.48. The van der Waals surface area contributed by atoms with Gasteiger partial charge in [0, 0.05) is 5.70 Å². The highest BCUT2D eigenvalue weighted by Gasteiger charge is 2.50. The van der Waals surface area contributed by atoms with Crippen molar-refractivity contribution in [2.24, 2.45) is 23.2 Å². The first-order valence-corrected chi connectivity index (χ1v) is 13.0. The van der Waals surface area contributed by atoms with Crippen LogP contribution in [-0.4, -0.2) is 19.1 Å². The lowest BCUT2D eigenvalue weighted by Crippen LogP contribution is -2.46. The average Bonchev–Trinajstić information content (AvgIpc) is 3.08. The van der Waals surface area contributed by atoms with E-state index in [9.17, 15) is 4.79 Å². The number of carbonyl (C=O) groups is 1. The summed E-state index contributed by atoms with van der Waals surface area (Å²) in [5.74, 6) is 3.88. The Balaban J connectivity index is 1.06. The van der Waals surface area contributed by atoms with Crippen LogP contribution >= 0.6 is 0 Å². The fourth-order valence-electron chi connectivity index (χ4n) is 8.01. The maximum Gasteiger partial charge on any atom is 0.251 e. The third-order valence-electron chi connectivity index (χ3n) is 9.08. The summed E-state index contributed by atoms with van der Waals surface area (Å²) in [5.41, 5.74) is 5.34. The zero-order chi connectivity index (χ0) is 22.7. The summed E-state index contributed by atoms with van der Waals surface area (Å²) in [7, 11) is 0. The van der Waals surface area contributed by atoms with Gasteiger partial charge in [0.2, 0.25) is 0 Å². The largest absolute Gasteiger partial charge is 0.494 e. The molecule has 0 saturated heterocycles. The van der Waals surface area contributed by atoms with Crippen molar-refractivity contribution < 1.29 is 9.53 Å². The lowest BCUT2D eigenvalue weighted by molar-refractivity contribution is -0.116. The van der Waals surface area contributed by atoms with Crippen LogP contribution in [0.1, 0.15) is 56.6 Å². The van der Waals surface area contributed by atoms with Gasteiger partial charge in [0.05, 0.1) is 36.1 Å². The van der Waals surface area contributed by atoms with Crippen molar-refractivity contribution in [3.63, 3.8) is 0 Å². The molecule has 0 aromatic heterocycles. The number of nitrogens with one attached hydrogen (secondary N) is 3. The molecule has 3 N–H and O–H groups in total. The molecular formula is C29H33N3O2. The van der Waals surface area contributed by atoms with Gasteiger partial charge in [-0.1, -0.05) is 24.3 Å². The number of carbonyl (C=O) groups excluding carboxylic acids is 1. The summed E-state index contributed by atoms with van der Waals surface area (Å²) in [6.45, 7) is 1.34. The van der Waals surface area contributed by atoms with E-state index in [2.05, 4.69) is 46.3 Å². The molecule has 0 radical (unpaired) electrons. The molecule has 0 spiro atoms. The maximum atomic E-state index is 12.7. The van der Waals surface area contributed by atoms with Crippen LogP contribution < -0.4 is 20.7 Å². The summed E-state index contributed by atoms with van der Waals surface area (Å²) in [4.78, 5) is 12.7. The number of para-hydroxylation sites is 2. The minimum Gasteiger partial charge on any atom is -0.494 e. The Morgan fingerprint density at radius 1 is 0.882 bits per heavy atom. The summed E-state index contributed by atoms with van der Waals surface area (Å²) < 4.78 is 6.25. The van der Waals surface area contributed by atoms with Crippen molar-refractivity contribution in [2.45, 2.75) is 51.0 Å². The van der Waals surface area contributed by atoms with E-state index in [-0.39, 0.29) is 11.9 Å². The fraction of sp³-hybridized carbons (Fsp3) is 0.483. The number of ether oxygens (including phenoxy) is 1. The van der Waals surface area contributed by atoms with E-state index >= 15 is 0 Å². The first-order valence-electron chi connectivity index (χ1n) is 13.0. The lowest BCUT2D eigenvalue weighted by Gasteiger charge is -2.57. The SMILES string of the molecule is O=C1NCC2=C1C(c1ccc(OCCC34CC5CC(CC(C5)C3)C4)cc1)Nc1ccccc1N2. The summed E-state index contributed by atoms with van der Waals surface area (Å²) >= 11 is 0. The molecule has 5 heteroatoms. The zero-order valence-electron chi connectivity index (χ0n) is 19.6. The normalized spacial score (nSPS) is 32.9. The van der Waals surface area contributed by atoms with Crippen molar-refractivity contribution in [1.29, 1.82) is 0 Å². The smallest absolute Gasteiger partial charge is 0.251 e. The number of fused-ring (bicyclic) bond motifs is 1. The van der Waals surface area contributed by atoms with Gasteiger partial charge in [0.25, 0.3) is 5.91 Å². The van der Waals surface area contributed by atoms with Gasteiger partial charge in [-0.2, -0.15) is 0 Å². The molecule has 1 amide bonds. The highest BCUT2D eigenvalue weighted by atomic mass is 16.5. The van der Waals surface area contributed by atoms with Crippen molar-refractivity contribution in [3.8, 4) is 5.75 Å². The van der Waals surface area contributed by atoms with E-state index in [0.29, 0.717) is 12.0 Å². The van der Waals surface area contributed by atoms with Gasteiger partial charge in [0.15, 0.2) is 0 Å². The highest BCUT2D eigenvalue weighted by Crippen LogP contribution is 2.61. The van der Waals surface area contributed by atoms with Crippen molar-refractivity contribution in [3.05, 3.63) is 65.4 Å². The third-order valence-corrected chi connectivity index (χ3v) is 9.08. The molecular weight excluding hydrogens is 422 g/mol. The van der Waals surface area contributed by atoms with Gasteiger partial charge in [-0.3, -0.25) is 4.79 Å². The van der Waals surface area contributed by atoms with Gasteiger partial charge in [0.1, 0.15) is 5.75 Å². The summed E-state index contributed by atoms with van der Waals surface area (Å²) in [6.07, 6.45) is 9.98. The standard InChI is InChI=1S/C29H33N3O2/c33-28-26-25(17-30-28)31-23-3-1-2-4-24(23)32-27(26)21-5-7-22(8-6-21)34-10-9-29-14-18-11-19(15-29)13-20(12-18)16-29/h1-8,18-20,27,31-32H,9-17H2,(H,30,33). The molecule has 2 aromatic rings. The molecule has 5 nitrogen and oxygen atoms in total. The molecule has 2 heterocycles. The van der Waals surface area contributed by atoms with E-state index in [1.54, 1.807) is 0 Å². The van der Waals surface area contributed by atoms with Crippen LogP contribution in [-0.2, 0) is 4.79 Å². The monoisotopic (exact) mass is 455 g/mol. The predicted molar refractivity (Wildman–Crippen MR) is 134 cm³/mol. The number of anilines is 2. The summed E-state index contributed by atoms with van der Waals surface area (Å²) in [6, 6.07) is 16.2. The van der Waals surface area contributed by atoms with E-state index in [4.69, 9.17) is 4.74 Å². The number of benzene rings is 2. The Bertz CT molecular complexity index is 1120. The lowest BCUT2D eigenvalue weighted by atomic mass is 9.49. The van der Waals surface area contributed by atoms with Gasteiger partial charge in [-0.25, -0.2) is 0 Å². The van der Waals surface area contributed by atoms with Gasteiger partial charge in [-0.15, -0.1) is 0 Å². The van der Waals surface area contributed by atoms with E-state index < -0.39 is 0 Å². The second-order valence-electron chi connectivity index (χ2n) is 11.4. The minimum absolute atomic E-state index is 0.0105. The molecule has 4 saturated carbocycles. The van der Waals surface area contributed by atoms with Crippen LogP contribution in [0.25, 0.3) is 0 Å².